The zero-order valence-corrected chi connectivity index (χ0v) is 59.4. The number of H-pyrrole nitrogens is 2. The van der Waals surface area contributed by atoms with Crippen LogP contribution in [0.3, 0.4) is 0 Å². The molecular weight excluding hydrogens is 1240 g/mol. The predicted molar refractivity (Wildman–Crippen MR) is 409 cm³/mol. The molecular formula is C88H92N6O6. The van der Waals surface area contributed by atoms with Gasteiger partial charge in [0.1, 0.15) is 34.4 Å². The SMILES string of the molecule is CCCCCCOc1cccc(OCCCCCC)c1-c1c2nc(c(-c3c(C)cc(C#Cc4ccc(C=O)nc4)cc3C)c3ccc([nH]3)c(-c3c(OCCCCCC)cccc3OCCCCCC)c3nc(c(-c4c(C)cc(C#Cc5ccc(C=O)nc5)cc4C)c4ccc1[nH]4)C=C3)C=C2. The zero-order valence-electron chi connectivity index (χ0n) is 59.4. The Morgan fingerprint density at radius 1 is 0.340 bits per heavy atom. The maximum Gasteiger partial charge on any atom is 0.168 e. The van der Waals surface area contributed by atoms with Crippen molar-refractivity contribution in [3.05, 3.63) is 200 Å². The van der Waals surface area contributed by atoms with Gasteiger partial charge in [0.2, 0.25) is 0 Å². The maximum atomic E-state index is 11.5. The van der Waals surface area contributed by atoms with E-state index in [1.165, 1.54) is 0 Å². The van der Waals surface area contributed by atoms with Crippen molar-refractivity contribution in [3.8, 4) is 91.2 Å². The number of carbonyl (C=O) groups excluding carboxylic acids is 2. The summed E-state index contributed by atoms with van der Waals surface area (Å²) >= 11 is 0. The van der Waals surface area contributed by atoms with E-state index >= 15 is 0 Å². The number of nitrogens with zero attached hydrogens (tertiary/aromatic N) is 4. The van der Waals surface area contributed by atoms with Crippen LogP contribution in [0, 0.1) is 51.4 Å². The van der Waals surface area contributed by atoms with E-state index in [2.05, 4.69) is 196 Å². The van der Waals surface area contributed by atoms with Crippen molar-refractivity contribution in [2.45, 2.75) is 158 Å². The summed E-state index contributed by atoms with van der Waals surface area (Å²) in [5.41, 5.74) is 21.2. The van der Waals surface area contributed by atoms with E-state index in [1.54, 1.807) is 24.5 Å². The van der Waals surface area contributed by atoms with Crippen LogP contribution in [0.5, 0.6) is 23.0 Å². The molecule has 100 heavy (non-hydrogen) atoms. The molecule has 510 valence electrons. The van der Waals surface area contributed by atoms with Crippen LogP contribution in [0.2, 0.25) is 0 Å². The van der Waals surface area contributed by atoms with Gasteiger partial charge in [-0.1, -0.05) is 141 Å². The summed E-state index contributed by atoms with van der Waals surface area (Å²) in [6.45, 7) is 19.6. The highest BCUT2D eigenvalue weighted by Crippen LogP contribution is 2.48. The van der Waals surface area contributed by atoms with E-state index in [4.69, 9.17) is 28.9 Å². The van der Waals surface area contributed by atoms with Crippen LogP contribution in [-0.4, -0.2) is 68.9 Å². The number of aromatic amines is 2. The molecule has 11 rings (SSSR count). The average Bonchev–Trinajstić information content (AvgIpc) is 1.58. The fraction of sp³-hybridized carbons (Fsp3) is 0.318. The molecule has 0 saturated carbocycles. The fourth-order valence-electron chi connectivity index (χ4n) is 13.3. The van der Waals surface area contributed by atoms with Crippen LogP contribution in [0.15, 0.2) is 122 Å². The van der Waals surface area contributed by atoms with E-state index in [1.807, 2.05) is 24.3 Å². The molecule has 2 aliphatic rings. The topological polar surface area (TPSA) is 154 Å². The van der Waals surface area contributed by atoms with Crippen LogP contribution in [0.25, 0.3) is 90.9 Å². The molecule has 7 heterocycles. The van der Waals surface area contributed by atoms with Gasteiger partial charge in [-0.25, -0.2) is 9.97 Å². The van der Waals surface area contributed by atoms with E-state index < -0.39 is 0 Å². The maximum absolute atomic E-state index is 11.5. The number of hydrogen-bond donors (Lipinski definition) is 2. The Morgan fingerprint density at radius 3 is 0.900 bits per heavy atom. The third kappa shape index (κ3) is 17.1. The minimum atomic E-state index is 0.357. The lowest BCUT2D eigenvalue weighted by Gasteiger charge is -2.18. The Morgan fingerprint density at radius 2 is 0.630 bits per heavy atom. The summed E-state index contributed by atoms with van der Waals surface area (Å²) in [5, 5.41) is 0. The molecule has 12 nitrogen and oxygen atoms in total. The van der Waals surface area contributed by atoms with Gasteiger partial charge in [-0.2, -0.15) is 0 Å². The fourth-order valence-corrected chi connectivity index (χ4v) is 13.3. The summed E-state index contributed by atoms with van der Waals surface area (Å²) in [6.07, 6.45) is 30.2. The quantitative estimate of drug-likeness (QED) is 0.0253. The second-order valence-electron chi connectivity index (χ2n) is 26.0. The van der Waals surface area contributed by atoms with Gasteiger partial charge in [0.25, 0.3) is 0 Å². The molecule has 0 amide bonds. The molecule has 2 aliphatic heterocycles. The Balaban J connectivity index is 1.25. The smallest absolute Gasteiger partial charge is 0.168 e. The number of aromatic nitrogens is 6. The Bertz CT molecular complexity index is 4360. The normalized spacial score (nSPS) is 11.4. The molecule has 4 aromatic carbocycles. The predicted octanol–water partition coefficient (Wildman–Crippen LogP) is 21.6. The molecule has 9 aromatic rings. The number of rotatable bonds is 30. The highest BCUT2D eigenvalue weighted by molar-refractivity contribution is 6.03. The number of hydrogen-bond acceptors (Lipinski definition) is 10. The summed E-state index contributed by atoms with van der Waals surface area (Å²) in [5.74, 6) is 16.2. The van der Waals surface area contributed by atoms with Crippen LogP contribution < -0.4 is 18.9 Å². The largest absolute Gasteiger partial charge is 0.493 e. The van der Waals surface area contributed by atoms with Gasteiger partial charge >= 0.3 is 0 Å². The summed E-state index contributed by atoms with van der Waals surface area (Å²) in [6, 6.07) is 36.6. The minimum absolute atomic E-state index is 0.357. The van der Waals surface area contributed by atoms with Gasteiger partial charge in [0.05, 0.1) is 60.3 Å². The van der Waals surface area contributed by atoms with Gasteiger partial charge in [-0.05, 0) is 208 Å². The van der Waals surface area contributed by atoms with Crippen molar-refractivity contribution >= 4 is 58.9 Å². The second-order valence-corrected chi connectivity index (χ2v) is 26.0. The van der Waals surface area contributed by atoms with Crippen molar-refractivity contribution in [2.75, 3.05) is 26.4 Å². The van der Waals surface area contributed by atoms with Gasteiger partial charge in [0.15, 0.2) is 12.6 Å². The number of unbranched alkanes of at least 4 members (excludes halogenated alkanes) is 12. The minimum Gasteiger partial charge on any atom is -0.493 e. The monoisotopic (exact) mass is 1330 g/mol. The average molecular weight is 1330 g/mol. The third-order valence-electron chi connectivity index (χ3n) is 18.3. The highest BCUT2D eigenvalue weighted by Gasteiger charge is 2.27. The number of fused-ring (bicyclic) bond motifs is 8. The lowest BCUT2D eigenvalue weighted by atomic mass is 9.92. The molecule has 0 unspecified atom stereocenters. The van der Waals surface area contributed by atoms with E-state index in [-0.39, 0.29) is 0 Å². The van der Waals surface area contributed by atoms with Crippen LogP contribution in [0.4, 0.5) is 0 Å². The first-order valence-electron chi connectivity index (χ1n) is 36.0. The van der Waals surface area contributed by atoms with E-state index in [0.29, 0.717) is 71.9 Å². The molecule has 0 saturated heterocycles. The zero-order chi connectivity index (χ0) is 69.7. The lowest BCUT2D eigenvalue weighted by molar-refractivity contribution is 0.111. The molecule has 0 spiro atoms. The van der Waals surface area contributed by atoms with E-state index in [0.717, 1.165) is 238 Å². The summed E-state index contributed by atoms with van der Waals surface area (Å²) in [7, 11) is 0. The molecule has 2 N–H and O–H groups in total. The van der Waals surface area contributed by atoms with Crippen molar-refractivity contribution in [1.29, 1.82) is 0 Å². The number of aryl methyl sites for hydroxylation is 4. The molecule has 12 heteroatoms. The molecule has 0 radical (unpaired) electrons. The van der Waals surface area contributed by atoms with Gasteiger partial charge in [-0.3, -0.25) is 19.6 Å². The van der Waals surface area contributed by atoms with Crippen LogP contribution in [0.1, 0.15) is 219 Å². The number of aldehydes is 2. The molecule has 0 atom stereocenters. The standard InChI is InChI=1S/C88H92N6O6/c1-9-13-17-21-47-97-77-27-25-28-78(98-48-22-18-14-10-2)87(77)85-73-43-39-69(91-73)83(81-59(5)51-65(52-60(81)6)33-31-63-35-37-67(57-95)89-55-63)71-41-45-75(93-71)86(88-79(99-49-23-19-15-11-3)29-26-30-80(88)100-50-24-20-16-12-4)76-46-42-72(94-76)84(70-40-44-74(85)92-70)82-61(7)53-66(54-62(82)8)34-32-64-36-38-68(58-96)90-56-64/h25-30,35-46,51-58,91,94H,9-24,47-50H2,1-8H3. The summed E-state index contributed by atoms with van der Waals surface area (Å²) < 4.78 is 27.9. The number of ether oxygens (including phenoxy) is 4. The first-order chi connectivity index (χ1) is 49.0. The highest BCUT2D eigenvalue weighted by atomic mass is 16.5. The molecule has 5 aromatic heterocycles. The number of pyridine rings is 2. The van der Waals surface area contributed by atoms with Gasteiger partial charge in [0, 0.05) is 79.0 Å². The van der Waals surface area contributed by atoms with Crippen molar-refractivity contribution in [2.24, 2.45) is 0 Å². The molecule has 0 aliphatic carbocycles. The van der Waals surface area contributed by atoms with Gasteiger partial charge in [-0.15, -0.1) is 0 Å². The summed E-state index contributed by atoms with van der Waals surface area (Å²) in [4.78, 5) is 51.3. The van der Waals surface area contributed by atoms with Crippen LogP contribution in [-0.2, 0) is 0 Å². The number of nitrogens with one attached hydrogen (secondary N) is 2. The van der Waals surface area contributed by atoms with Crippen molar-refractivity contribution in [1.82, 2.24) is 29.9 Å². The number of benzene rings is 4. The Hall–Kier alpha value is -10.6. The first-order valence-corrected chi connectivity index (χ1v) is 36.0. The lowest BCUT2D eigenvalue weighted by Crippen LogP contribution is -2.04. The Labute approximate surface area is 590 Å². The van der Waals surface area contributed by atoms with Gasteiger partial charge < -0.3 is 28.9 Å². The van der Waals surface area contributed by atoms with Crippen molar-refractivity contribution in [3.63, 3.8) is 0 Å². The third-order valence-corrected chi connectivity index (χ3v) is 18.3. The molecule has 0 fully saturated rings. The number of carbonyl (C=O) groups is 2. The first kappa shape index (κ1) is 70.7. The van der Waals surface area contributed by atoms with Crippen molar-refractivity contribution < 1.29 is 28.5 Å². The Kier molecular flexibility index (Phi) is 24.6. The van der Waals surface area contributed by atoms with E-state index in [9.17, 15) is 9.59 Å². The molecule has 8 bridgehead atoms. The van der Waals surface area contributed by atoms with Crippen LogP contribution >= 0.6 is 0 Å². The second kappa shape index (κ2) is 34.8.